The highest BCUT2D eigenvalue weighted by molar-refractivity contribution is 5.83. The van der Waals surface area contributed by atoms with E-state index in [1.54, 1.807) is 13.1 Å². The molecule has 0 unspecified atom stereocenters. The molecule has 0 radical (unpaired) electrons. The molecule has 0 saturated heterocycles. The van der Waals surface area contributed by atoms with Crippen LogP contribution in [-0.2, 0) is 0 Å². The van der Waals surface area contributed by atoms with E-state index in [1.807, 2.05) is 36.4 Å². The second-order valence-corrected chi connectivity index (χ2v) is 5.48. The molecule has 0 fully saturated rings. The molecule has 0 aliphatic rings. The number of aromatic nitrogens is 6. The van der Waals surface area contributed by atoms with Crippen LogP contribution in [0.15, 0.2) is 66.9 Å². The molecule has 2 aromatic carbocycles. The van der Waals surface area contributed by atoms with Crippen molar-refractivity contribution in [2.24, 2.45) is 0 Å². The number of aromatic carboxylic acids is 1. The van der Waals surface area contributed by atoms with E-state index in [2.05, 4.69) is 54.1 Å². The Kier molecular flexibility index (Phi) is 5.99. The first kappa shape index (κ1) is 18.6. The Balaban J connectivity index is 0.000000178. The molecule has 140 valence electrons. The van der Waals surface area contributed by atoms with Crippen LogP contribution < -0.4 is 5.32 Å². The van der Waals surface area contributed by atoms with E-state index >= 15 is 0 Å². The van der Waals surface area contributed by atoms with Crippen molar-refractivity contribution in [3.05, 3.63) is 72.7 Å². The third-order valence-electron chi connectivity index (χ3n) is 3.72. The minimum Gasteiger partial charge on any atom is -0.475 e. The molecule has 0 aliphatic carbocycles. The lowest BCUT2D eigenvalue weighted by molar-refractivity contribution is 0.0683. The molecule has 2 heterocycles. The molecule has 9 heteroatoms. The number of nitrogens with one attached hydrogen (secondary N) is 2. The minimum absolute atomic E-state index is 0.197. The van der Waals surface area contributed by atoms with E-state index in [9.17, 15) is 4.79 Å². The first-order valence-electron chi connectivity index (χ1n) is 8.31. The van der Waals surface area contributed by atoms with Gasteiger partial charge in [0.25, 0.3) is 0 Å². The fraction of sp³-hybridized carbons (Fsp3) is 0.0526. The van der Waals surface area contributed by atoms with E-state index < -0.39 is 5.97 Å². The van der Waals surface area contributed by atoms with Crippen molar-refractivity contribution in [2.75, 3.05) is 12.4 Å². The molecule has 0 aliphatic heterocycles. The maximum atomic E-state index is 10.3. The number of carboxylic acids is 1. The Morgan fingerprint density at radius 1 is 1.00 bits per heavy atom. The quantitative estimate of drug-likeness (QED) is 0.496. The number of carboxylic acid groups (broad SMARTS) is 1. The van der Waals surface area contributed by atoms with Crippen LogP contribution in [0.5, 0.6) is 0 Å². The van der Waals surface area contributed by atoms with Crippen molar-refractivity contribution in [2.45, 2.75) is 0 Å². The summed E-state index contributed by atoms with van der Waals surface area (Å²) in [6.45, 7) is 0. The summed E-state index contributed by atoms with van der Waals surface area (Å²) in [5.74, 6) is -0.138. The number of anilines is 1. The Morgan fingerprint density at radius 3 is 2.36 bits per heavy atom. The van der Waals surface area contributed by atoms with Crippen molar-refractivity contribution in [3.63, 3.8) is 0 Å². The summed E-state index contributed by atoms with van der Waals surface area (Å²) >= 11 is 0. The van der Waals surface area contributed by atoms with Gasteiger partial charge in [0.1, 0.15) is 5.82 Å². The molecule has 0 saturated carbocycles. The molecular formula is C19H17N7O2. The first-order chi connectivity index (χ1) is 13.7. The second kappa shape index (κ2) is 8.99. The molecule has 4 aromatic rings. The lowest BCUT2D eigenvalue weighted by Gasteiger charge is -2.06. The van der Waals surface area contributed by atoms with Gasteiger partial charge in [-0.15, -0.1) is 5.10 Å². The van der Waals surface area contributed by atoms with E-state index in [-0.39, 0.29) is 5.82 Å². The van der Waals surface area contributed by atoms with Gasteiger partial charge in [-0.25, -0.2) is 19.9 Å². The molecule has 0 amide bonds. The molecule has 9 nitrogen and oxygen atoms in total. The average molecular weight is 375 g/mol. The molecule has 28 heavy (non-hydrogen) atoms. The Morgan fingerprint density at radius 2 is 1.71 bits per heavy atom. The normalized spacial score (nSPS) is 9.89. The number of nitrogens with zero attached hydrogens (tertiary/aromatic N) is 5. The predicted molar refractivity (Wildman–Crippen MR) is 104 cm³/mol. The van der Waals surface area contributed by atoms with E-state index in [4.69, 9.17) is 5.11 Å². The highest BCUT2D eigenvalue weighted by Crippen LogP contribution is 2.28. The van der Waals surface area contributed by atoms with E-state index in [0.29, 0.717) is 11.6 Å². The zero-order valence-corrected chi connectivity index (χ0v) is 14.9. The Bertz CT molecular complexity index is 1040. The van der Waals surface area contributed by atoms with Crippen LogP contribution in [0.25, 0.3) is 22.5 Å². The minimum atomic E-state index is -1.12. The summed E-state index contributed by atoms with van der Waals surface area (Å²) in [6.07, 6.45) is 1.39. The topological polar surface area (TPSA) is 130 Å². The summed E-state index contributed by atoms with van der Waals surface area (Å²) in [5, 5.41) is 25.1. The molecule has 0 atom stereocenters. The molecule has 0 spiro atoms. The smallest absolute Gasteiger partial charge is 0.374 e. The van der Waals surface area contributed by atoms with Crippen LogP contribution in [0.3, 0.4) is 0 Å². The lowest BCUT2D eigenvalue weighted by atomic mass is 9.99. The summed E-state index contributed by atoms with van der Waals surface area (Å²) in [6, 6.07) is 19.8. The summed E-state index contributed by atoms with van der Waals surface area (Å²) in [4.78, 5) is 17.5. The van der Waals surface area contributed by atoms with Gasteiger partial charge in [0, 0.05) is 18.8 Å². The van der Waals surface area contributed by atoms with Crippen molar-refractivity contribution in [1.29, 1.82) is 0 Å². The van der Waals surface area contributed by atoms with Crippen LogP contribution >= 0.6 is 0 Å². The monoisotopic (exact) mass is 375 g/mol. The zero-order chi connectivity index (χ0) is 19.8. The van der Waals surface area contributed by atoms with Gasteiger partial charge in [-0.3, -0.25) is 0 Å². The Labute approximate surface area is 160 Å². The van der Waals surface area contributed by atoms with Crippen LogP contribution in [0.1, 0.15) is 10.6 Å². The fourth-order valence-corrected chi connectivity index (χ4v) is 2.43. The van der Waals surface area contributed by atoms with Crippen LogP contribution in [-0.4, -0.2) is 48.7 Å². The Hall–Kier alpha value is -4.14. The average Bonchev–Trinajstić information content (AvgIpc) is 3.30. The third-order valence-corrected chi connectivity index (χ3v) is 3.72. The van der Waals surface area contributed by atoms with Gasteiger partial charge in [-0.2, -0.15) is 0 Å². The SMILES string of the molecule is CNc1ccnc(C(=O)O)n1.c1ccc(-c2ccccc2-c2nnn[nH]2)cc1. The van der Waals surface area contributed by atoms with E-state index in [1.165, 1.54) is 6.20 Å². The standard InChI is InChI=1S/C13H10N4.C6H7N3O2/c1-2-6-10(7-3-1)11-8-4-5-9-12(11)13-14-16-17-15-13;1-7-4-2-3-8-5(9-4)6(10)11/h1-9H,(H,14,15,16,17);2-3H,1H3,(H,10,11)(H,7,8,9). The van der Waals surface area contributed by atoms with Gasteiger partial charge >= 0.3 is 5.97 Å². The van der Waals surface area contributed by atoms with Crippen LogP contribution in [0, 0.1) is 0 Å². The predicted octanol–water partition coefficient (Wildman–Crippen LogP) is 2.75. The van der Waals surface area contributed by atoms with Crippen molar-refractivity contribution < 1.29 is 9.90 Å². The van der Waals surface area contributed by atoms with Crippen molar-refractivity contribution in [1.82, 2.24) is 30.6 Å². The number of benzene rings is 2. The first-order valence-corrected chi connectivity index (χ1v) is 8.31. The molecule has 4 rings (SSSR count). The maximum Gasteiger partial charge on any atom is 0.374 e. The number of hydrogen-bond acceptors (Lipinski definition) is 7. The summed E-state index contributed by atoms with van der Waals surface area (Å²) in [7, 11) is 1.66. The van der Waals surface area contributed by atoms with E-state index in [0.717, 1.165) is 16.7 Å². The van der Waals surface area contributed by atoms with Crippen LogP contribution in [0.2, 0.25) is 0 Å². The third kappa shape index (κ3) is 4.52. The number of H-pyrrole nitrogens is 1. The van der Waals surface area contributed by atoms with Crippen molar-refractivity contribution >= 4 is 11.8 Å². The maximum absolute atomic E-state index is 10.3. The van der Waals surface area contributed by atoms with Gasteiger partial charge in [-0.05, 0) is 27.6 Å². The highest BCUT2D eigenvalue weighted by Gasteiger charge is 2.09. The number of carbonyl (C=O) groups is 1. The summed E-state index contributed by atoms with van der Waals surface area (Å²) in [5.41, 5.74) is 3.27. The molecule has 3 N–H and O–H groups in total. The van der Waals surface area contributed by atoms with Crippen molar-refractivity contribution in [3.8, 4) is 22.5 Å². The van der Waals surface area contributed by atoms with Gasteiger partial charge in [0.15, 0.2) is 5.82 Å². The molecule has 0 bridgehead atoms. The molecular weight excluding hydrogens is 358 g/mol. The second-order valence-electron chi connectivity index (χ2n) is 5.48. The number of rotatable bonds is 4. The van der Waals surface area contributed by atoms with Gasteiger partial charge < -0.3 is 10.4 Å². The highest BCUT2D eigenvalue weighted by atomic mass is 16.4. The van der Waals surface area contributed by atoms with Gasteiger partial charge in [0.2, 0.25) is 5.82 Å². The largest absolute Gasteiger partial charge is 0.475 e. The fourth-order valence-electron chi connectivity index (χ4n) is 2.43. The summed E-state index contributed by atoms with van der Waals surface area (Å²) < 4.78 is 0. The number of hydrogen-bond donors (Lipinski definition) is 3. The lowest BCUT2D eigenvalue weighted by Crippen LogP contribution is -2.05. The van der Waals surface area contributed by atoms with Gasteiger partial charge in [-0.1, -0.05) is 54.6 Å². The zero-order valence-electron chi connectivity index (χ0n) is 14.9. The number of aromatic amines is 1. The van der Waals surface area contributed by atoms with Gasteiger partial charge in [0.05, 0.1) is 0 Å². The van der Waals surface area contributed by atoms with Crippen LogP contribution in [0.4, 0.5) is 5.82 Å². The number of tetrazole rings is 1. The molecule has 2 aromatic heterocycles.